The van der Waals surface area contributed by atoms with E-state index in [0.717, 1.165) is 24.2 Å². The molecule has 25 heavy (non-hydrogen) atoms. The Hall–Kier alpha value is 2.26. The zero-order chi connectivity index (χ0) is 17.8. The number of unbranched alkanes of at least 4 members (excludes halogenated alkanes) is 9. The third-order valence-corrected chi connectivity index (χ3v) is 5.07. The third-order valence-electron chi connectivity index (χ3n) is 3.57. The van der Waals surface area contributed by atoms with E-state index in [1.165, 1.54) is 38.5 Å². The molecule has 0 aromatic rings. The van der Waals surface area contributed by atoms with Gasteiger partial charge in [-0.1, -0.05) is 79.9 Å². The van der Waals surface area contributed by atoms with Crippen LogP contribution in [0.1, 0.15) is 71.1 Å². The summed E-state index contributed by atoms with van der Waals surface area (Å²) < 4.78 is 21.5. The Kier molecular flexibility index (Phi) is 23.4. The molecule has 0 bridgehead atoms. The smallest absolute Gasteiger partial charge is 0.810 e. The van der Waals surface area contributed by atoms with Gasteiger partial charge in [-0.15, -0.1) is 0 Å². The van der Waals surface area contributed by atoms with Crippen molar-refractivity contribution in [3.05, 3.63) is 0 Å². The number of rotatable bonds is 15. The van der Waals surface area contributed by atoms with Crippen LogP contribution in [0, 0.1) is 0 Å². The topological polar surface area (TPSA) is 130 Å². The van der Waals surface area contributed by atoms with E-state index in [9.17, 15) is 28.7 Å². The van der Waals surface area contributed by atoms with E-state index in [1.807, 2.05) is 0 Å². The largest absolute Gasteiger partial charge is 1.00 e. The SMILES string of the molecule is CCCCCCCCCCCCN(CP(=O)([O-])[O-])CP(=O)([O-])[O-].[Na+].[Na+]. The maximum Gasteiger partial charge on any atom is 1.00 e. The summed E-state index contributed by atoms with van der Waals surface area (Å²) in [6, 6.07) is 0. The fourth-order valence-electron chi connectivity index (χ4n) is 2.50. The van der Waals surface area contributed by atoms with Gasteiger partial charge in [-0.3, -0.25) is 4.90 Å². The van der Waals surface area contributed by atoms with Gasteiger partial charge in [-0.05, 0) is 13.0 Å². The molecule has 140 valence electrons. The molecule has 0 aromatic heterocycles. The van der Waals surface area contributed by atoms with E-state index in [1.54, 1.807) is 0 Å². The van der Waals surface area contributed by atoms with Crippen LogP contribution in [0.3, 0.4) is 0 Å². The van der Waals surface area contributed by atoms with Gasteiger partial charge in [0.15, 0.2) is 0 Å². The molecule has 0 heterocycles. The summed E-state index contributed by atoms with van der Waals surface area (Å²) >= 11 is 0. The molecule has 0 N–H and O–H groups in total. The van der Waals surface area contributed by atoms with Crippen LogP contribution in [0.2, 0.25) is 0 Å². The van der Waals surface area contributed by atoms with Crippen molar-refractivity contribution in [1.82, 2.24) is 4.90 Å². The second-order valence-corrected chi connectivity index (χ2v) is 9.09. The molecule has 11 heteroatoms. The van der Waals surface area contributed by atoms with E-state index in [0.29, 0.717) is 6.42 Å². The number of hydrogen-bond acceptors (Lipinski definition) is 7. The van der Waals surface area contributed by atoms with Crippen LogP contribution >= 0.6 is 15.2 Å². The van der Waals surface area contributed by atoms with Crippen molar-refractivity contribution in [3.8, 4) is 0 Å². The quantitative estimate of drug-likeness (QED) is 0.149. The van der Waals surface area contributed by atoms with Crippen LogP contribution in [0.15, 0.2) is 0 Å². The van der Waals surface area contributed by atoms with Gasteiger partial charge in [-0.25, -0.2) is 0 Å². The summed E-state index contributed by atoms with van der Waals surface area (Å²) in [5.41, 5.74) is 0. The maximum atomic E-state index is 10.7. The molecule has 0 aliphatic rings. The Bertz CT molecular complexity index is 368. The summed E-state index contributed by atoms with van der Waals surface area (Å²) in [4.78, 5) is 43.9. The van der Waals surface area contributed by atoms with E-state index in [2.05, 4.69) is 6.92 Å². The van der Waals surface area contributed by atoms with Gasteiger partial charge in [0.2, 0.25) is 0 Å². The Morgan fingerprint density at radius 3 is 1.28 bits per heavy atom. The molecule has 0 aliphatic carbocycles. The minimum atomic E-state index is -4.86. The summed E-state index contributed by atoms with van der Waals surface area (Å²) in [5.74, 6) is 0. The first-order valence-electron chi connectivity index (χ1n) is 8.38. The van der Waals surface area contributed by atoms with E-state index in [-0.39, 0.29) is 65.7 Å². The van der Waals surface area contributed by atoms with Crippen LogP contribution in [0.5, 0.6) is 0 Å². The molecule has 0 aromatic carbocycles. The molecule has 0 saturated carbocycles. The summed E-state index contributed by atoms with van der Waals surface area (Å²) in [6.45, 7) is 2.32. The van der Waals surface area contributed by atoms with Crippen LogP contribution in [-0.4, -0.2) is 24.0 Å². The number of nitrogens with zero attached hydrogens (tertiary/aromatic N) is 1. The zero-order valence-corrected chi connectivity index (χ0v) is 21.8. The van der Waals surface area contributed by atoms with Crippen molar-refractivity contribution in [3.63, 3.8) is 0 Å². The van der Waals surface area contributed by atoms with Gasteiger partial charge in [-0.2, -0.15) is 0 Å². The molecule has 0 atom stereocenters. The molecular weight excluding hydrogens is 386 g/mol. The molecule has 0 unspecified atom stereocenters. The first kappa shape index (κ1) is 31.9. The standard InChI is InChI=1S/C14H33NO6P2.2Na/c1-2-3-4-5-6-7-8-9-10-11-12-15(13-22(16,17)18)14-23(19,20)21;;/h2-14H2,1H3,(H2,16,17,18)(H2,19,20,21);;/q;2*+1/p-4. The molecule has 7 nitrogen and oxygen atoms in total. The Morgan fingerprint density at radius 1 is 0.640 bits per heavy atom. The van der Waals surface area contributed by atoms with Crippen molar-refractivity contribution in [2.24, 2.45) is 0 Å². The minimum absolute atomic E-state index is 0. The predicted octanol–water partition coefficient (Wildman–Crippen LogP) is -5.04. The van der Waals surface area contributed by atoms with Gasteiger partial charge < -0.3 is 28.7 Å². The van der Waals surface area contributed by atoms with Crippen molar-refractivity contribution >= 4 is 15.2 Å². The van der Waals surface area contributed by atoms with Gasteiger partial charge >= 0.3 is 59.1 Å². The molecule has 0 saturated heterocycles. The molecule has 0 spiro atoms. The van der Waals surface area contributed by atoms with Crippen molar-refractivity contribution in [2.45, 2.75) is 71.1 Å². The van der Waals surface area contributed by atoms with Crippen molar-refractivity contribution in [2.75, 3.05) is 19.1 Å². The van der Waals surface area contributed by atoms with E-state index < -0.39 is 27.8 Å². The minimum Gasteiger partial charge on any atom is -0.810 e. The Balaban J connectivity index is -0.00000242. The maximum absolute atomic E-state index is 10.7. The predicted molar refractivity (Wildman–Crippen MR) is 83.5 cm³/mol. The van der Waals surface area contributed by atoms with Crippen LogP contribution in [-0.2, 0) is 9.13 Å². The van der Waals surface area contributed by atoms with Crippen LogP contribution < -0.4 is 78.7 Å². The second-order valence-electron chi connectivity index (χ2n) is 6.08. The summed E-state index contributed by atoms with van der Waals surface area (Å²) in [6.07, 6.45) is 9.11. The second kappa shape index (κ2) is 18.3. The fourth-order valence-corrected chi connectivity index (χ4v) is 4.12. The van der Waals surface area contributed by atoms with E-state index >= 15 is 0 Å². The number of hydrogen-bond donors (Lipinski definition) is 0. The Morgan fingerprint density at radius 2 is 0.960 bits per heavy atom. The van der Waals surface area contributed by atoms with Gasteiger partial charge in [0, 0.05) is 12.6 Å². The van der Waals surface area contributed by atoms with Crippen molar-refractivity contribution in [1.29, 1.82) is 0 Å². The van der Waals surface area contributed by atoms with E-state index in [4.69, 9.17) is 0 Å². The van der Waals surface area contributed by atoms with Gasteiger partial charge in [0.25, 0.3) is 0 Å². The van der Waals surface area contributed by atoms with Gasteiger partial charge in [0.05, 0.1) is 0 Å². The zero-order valence-electron chi connectivity index (χ0n) is 16.0. The molecule has 0 aliphatic heterocycles. The van der Waals surface area contributed by atoms with Crippen LogP contribution in [0.25, 0.3) is 0 Å². The van der Waals surface area contributed by atoms with Gasteiger partial charge in [0.1, 0.15) is 0 Å². The first-order chi connectivity index (χ1) is 10.6. The molecular formula is C14H29NNa2O6P2-2. The van der Waals surface area contributed by atoms with Crippen molar-refractivity contribution < 1.29 is 87.8 Å². The average Bonchev–Trinajstić information content (AvgIpc) is 2.37. The fraction of sp³-hybridized carbons (Fsp3) is 1.00. The summed E-state index contributed by atoms with van der Waals surface area (Å²) in [7, 11) is -9.72. The summed E-state index contributed by atoms with van der Waals surface area (Å²) in [5, 5.41) is 0. The third kappa shape index (κ3) is 26.3. The molecule has 0 fully saturated rings. The van der Waals surface area contributed by atoms with Crippen LogP contribution in [0.4, 0.5) is 0 Å². The first-order valence-corrected chi connectivity index (χ1v) is 11.8. The average molecular weight is 415 g/mol. The molecule has 0 amide bonds. The normalized spacial score (nSPS) is 11.9. The molecule has 0 radical (unpaired) electrons. The molecule has 0 rings (SSSR count). The monoisotopic (exact) mass is 415 g/mol. The Labute approximate surface area is 196 Å².